The van der Waals surface area contributed by atoms with Gasteiger partial charge in [0, 0.05) is 31.3 Å². The molecule has 0 aromatic carbocycles. The first-order valence-electron chi connectivity index (χ1n) is 6.80. The van der Waals surface area contributed by atoms with Gasteiger partial charge in [0.2, 0.25) is 5.82 Å². The zero-order valence-corrected chi connectivity index (χ0v) is 11.3. The average Bonchev–Trinajstić information content (AvgIpc) is 3.10. The SMILES string of the molecule is FC(F)(F)c1nnc2n1CCC(c1ncn3ccncc13)C2. The third-order valence-corrected chi connectivity index (χ3v) is 3.97. The van der Waals surface area contributed by atoms with E-state index in [0.29, 0.717) is 18.7 Å². The summed E-state index contributed by atoms with van der Waals surface area (Å²) in [4.78, 5) is 8.47. The van der Waals surface area contributed by atoms with Gasteiger partial charge in [0.05, 0.1) is 23.7 Å². The number of fused-ring (bicyclic) bond motifs is 2. The zero-order chi connectivity index (χ0) is 15.3. The van der Waals surface area contributed by atoms with Crippen LogP contribution in [-0.2, 0) is 19.1 Å². The molecule has 0 radical (unpaired) electrons. The first kappa shape index (κ1) is 13.2. The Bertz CT molecular complexity index is 834. The van der Waals surface area contributed by atoms with Crippen LogP contribution < -0.4 is 0 Å². The van der Waals surface area contributed by atoms with Crippen LogP contribution in [0.3, 0.4) is 0 Å². The molecule has 0 N–H and O–H groups in total. The van der Waals surface area contributed by atoms with Gasteiger partial charge in [0.25, 0.3) is 0 Å². The molecule has 6 nitrogen and oxygen atoms in total. The number of rotatable bonds is 1. The van der Waals surface area contributed by atoms with Crippen LogP contribution in [0.4, 0.5) is 13.2 Å². The van der Waals surface area contributed by atoms with Crippen LogP contribution in [-0.4, -0.2) is 29.1 Å². The highest BCUT2D eigenvalue weighted by atomic mass is 19.4. The van der Waals surface area contributed by atoms with Crippen LogP contribution >= 0.6 is 0 Å². The Morgan fingerprint density at radius 2 is 2.09 bits per heavy atom. The van der Waals surface area contributed by atoms with Crippen molar-refractivity contribution in [2.75, 3.05) is 0 Å². The molecule has 3 aromatic heterocycles. The van der Waals surface area contributed by atoms with Gasteiger partial charge < -0.3 is 8.97 Å². The van der Waals surface area contributed by atoms with Crippen molar-refractivity contribution in [1.82, 2.24) is 29.1 Å². The van der Waals surface area contributed by atoms with E-state index in [0.717, 1.165) is 15.8 Å². The van der Waals surface area contributed by atoms with Crippen LogP contribution in [0.2, 0.25) is 0 Å². The Balaban J connectivity index is 1.69. The summed E-state index contributed by atoms with van der Waals surface area (Å²) < 4.78 is 41.5. The van der Waals surface area contributed by atoms with Crippen molar-refractivity contribution in [2.45, 2.75) is 31.5 Å². The molecule has 0 saturated heterocycles. The first-order chi connectivity index (χ1) is 10.5. The van der Waals surface area contributed by atoms with Crippen molar-refractivity contribution in [2.24, 2.45) is 0 Å². The minimum atomic E-state index is -4.47. The largest absolute Gasteiger partial charge is 0.451 e. The standard InChI is InChI=1S/C13H11F3N6/c14-13(15,16)12-20-19-10-5-8(1-3-22(10)12)11-9-6-17-2-4-21(9)7-18-11/h2,4,6-8H,1,3,5H2. The van der Waals surface area contributed by atoms with Gasteiger partial charge in [-0.1, -0.05) is 0 Å². The summed E-state index contributed by atoms with van der Waals surface area (Å²) in [7, 11) is 0. The van der Waals surface area contributed by atoms with Crippen molar-refractivity contribution in [3.63, 3.8) is 0 Å². The van der Waals surface area contributed by atoms with Gasteiger partial charge in [-0.3, -0.25) is 4.98 Å². The molecular weight excluding hydrogens is 297 g/mol. The van der Waals surface area contributed by atoms with Crippen LogP contribution in [0.5, 0.6) is 0 Å². The molecule has 0 spiro atoms. The molecule has 22 heavy (non-hydrogen) atoms. The predicted octanol–water partition coefficient (Wildman–Crippen LogP) is 2.07. The maximum atomic E-state index is 12.8. The second-order valence-electron chi connectivity index (χ2n) is 5.28. The molecule has 0 amide bonds. The molecule has 1 atom stereocenters. The van der Waals surface area contributed by atoms with Crippen LogP contribution in [0.1, 0.15) is 29.7 Å². The number of alkyl halides is 3. The molecule has 114 valence electrons. The number of imidazole rings is 1. The Morgan fingerprint density at radius 1 is 1.23 bits per heavy atom. The smallest absolute Gasteiger partial charge is 0.307 e. The molecule has 4 heterocycles. The maximum absolute atomic E-state index is 12.8. The highest BCUT2D eigenvalue weighted by Crippen LogP contribution is 2.34. The minimum Gasteiger partial charge on any atom is -0.307 e. The molecule has 1 aliphatic heterocycles. The lowest BCUT2D eigenvalue weighted by molar-refractivity contribution is -0.147. The van der Waals surface area contributed by atoms with Crippen molar-refractivity contribution in [1.29, 1.82) is 0 Å². The van der Waals surface area contributed by atoms with Crippen LogP contribution in [0.25, 0.3) is 5.52 Å². The van der Waals surface area contributed by atoms with E-state index in [4.69, 9.17) is 0 Å². The zero-order valence-electron chi connectivity index (χ0n) is 11.3. The summed E-state index contributed by atoms with van der Waals surface area (Å²) in [6, 6.07) is 0. The molecule has 3 aromatic rings. The van der Waals surface area contributed by atoms with E-state index in [1.165, 1.54) is 0 Å². The highest BCUT2D eigenvalue weighted by molar-refractivity contribution is 5.51. The van der Waals surface area contributed by atoms with E-state index >= 15 is 0 Å². The molecule has 0 aliphatic carbocycles. The fourth-order valence-corrected chi connectivity index (χ4v) is 2.95. The van der Waals surface area contributed by atoms with Gasteiger partial charge in [0.1, 0.15) is 5.82 Å². The number of aromatic nitrogens is 6. The molecule has 0 fully saturated rings. The number of hydrogen-bond acceptors (Lipinski definition) is 4. The quantitative estimate of drug-likeness (QED) is 0.690. The van der Waals surface area contributed by atoms with Gasteiger partial charge in [-0.05, 0) is 6.42 Å². The molecule has 1 unspecified atom stereocenters. The highest BCUT2D eigenvalue weighted by Gasteiger charge is 2.40. The third-order valence-electron chi connectivity index (χ3n) is 3.97. The van der Waals surface area contributed by atoms with Crippen molar-refractivity contribution >= 4 is 5.52 Å². The summed E-state index contributed by atoms with van der Waals surface area (Å²) in [5.41, 5.74) is 1.72. The Hall–Kier alpha value is -2.45. The van der Waals surface area contributed by atoms with Crippen LogP contribution in [0, 0.1) is 0 Å². The second kappa shape index (κ2) is 4.52. The fourth-order valence-electron chi connectivity index (χ4n) is 2.95. The minimum absolute atomic E-state index is 0.0204. The van der Waals surface area contributed by atoms with Crippen molar-refractivity contribution in [3.05, 3.63) is 42.3 Å². The van der Waals surface area contributed by atoms with E-state index in [2.05, 4.69) is 20.2 Å². The van der Waals surface area contributed by atoms with E-state index in [1.54, 1.807) is 24.9 Å². The lowest BCUT2D eigenvalue weighted by atomic mass is 9.93. The number of hydrogen-bond donors (Lipinski definition) is 0. The first-order valence-corrected chi connectivity index (χ1v) is 6.80. The van der Waals surface area contributed by atoms with Gasteiger partial charge in [0.15, 0.2) is 0 Å². The third kappa shape index (κ3) is 1.96. The lowest BCUT2D eigenvalue weighted by Crippen LogP contribution is -2.23. The average molecular weight is 308 g/mol. The van der Waals surface area contributed by atoms with E-state index in [-0.39, 0.29) is 12.5 Å². The van der Waals surface area contributed by atoms with Gasteiger partial charge in [-0.15, -0.1) is 10.2 Å². The summed E-state index contributed by atoms with van der Waals surface area (Å²) in [6.45, 7) is 0.237. The monoisotopic (exact) mass is 308 g/mol. The molecule has 0 saturated carbocycles. The fraction of sp³-hybridized carbons (Fsp3) is 0.385. The van der Waals surface area contributed by atoms with Gasteiger partial charge >= 0.3 is 6.18 Å². The lowest BCUT2D eigenvalue weighted by Gasteiger charge is -2.23. The van der Waals surface area contributed by atoms with Gasteiger partial charge in [-0.2, -0.15) is 13.2 Å². The summed E-state index contributed by atoms with van der Waals surface area (Å²) >= 11 is 0. The molecule has 4 rings (SSSR count). The van der Waals surface area contributed by atoms with Crippen molar-refractivity contribution in [3.8, 4) is 0 Å². The molecule has 9 heteroatoms. The summed E-state index contributed by atoms with van der Waals surface area (Å²) in [6.07, 6.45) is 3.34. The van der Waals surface area contributed by atoms with E-state index in [1.807, 2.05) is 4.40 Å². The predicted molar refractivity (Wildman–Crippen MR) is 69.1 cm³/mol. The second-order valence-corrected chi connectivity index (χ2v) is 5.28. The Kier molecular flexibility index (Phi) is 2.72. The van der Waals surface area contributed by atoms with Crippen molar-refractivity contribution < 1.29 is 13.2 Å². The Morgan fingerprint density at radius 3 is 2.91 bits per heavy atom. The number of halogens is 3. The molecular formula is C13H11F3N6. The van der Waals surface area contributed by atoms with E-state index in [9.17, 15) is 13.2 Å². The number of nitrogens with zero attached hydrogens (tertiary/aromatic N) is 6. The van der Waals surface area contributed by atoms with Crippen LogP contribution in [0.15, 0.2) is 24.9 Å². The Labute approximate surface area is 122 Å². The normalized spacial score (nSPS) is 18.6. The van der Waals surface area contributed by atoms with Gasteiger partial charge in [-0.25, -0.2) is 4.98 Å². The molecule has 1 aliphatic rings. The van der Waals surface area contributed by atoms with E-state index < -0.39 is 12.0 Å². The topological polar surface area (TPSA) is 60.9 Å². The maximum Gasteiger partial charge on any atom is 0.451 e. The summed E-state index contributed by atoms with van der Waals surface area (Å²) in [5, 5.41) is 7.00. The summed E-state index contributed by atoms with van der Waals surface area (Å²) in [5.74, 6) is -0.544. The molecule has 0 bridgehead atoms.